The molecule has 4 rings (SSSR count). The normalized spacial score (nSPS) is 23.4. The van der Waals surface area contributed by atoms with Gasteiger partial charge in [0.1, 0.15) is 0 Å². The topological polar surface area (TPSA) is 97.6 Å². The van der Waals surface area contributed by atoms with Crippen molar-refractivity contribution >= 4 is 22.9 Å². The number of fused-ring (bicyclic) bond motifs is 1. The third kappa shape index (κ3) is 2.84. The first kappa shape index (κ1) is 17.0. The zero-order chi connectivity index (χ0) is 18.6. The molecule has 0 radical (unpaired) electrons. The monoisotopic (exact) mass is 358 g/mol. The zero-order valence-corrected chi connectivity index (χ0v) is 15.1. The highest BCUT2D eigenvalue weighted by atomic mass is 16.5. The van der Waals surface area contributed by atoms with Crippen LogP contribution in [-0.2, 0) is 16.6 Å². The maximum absolute atomic E-state index is 13.3. The van der Waals surface area contributed by atoms with Crippen LogP contribution in [0.4, 0.5) is 0 Å². The summed E-state index contributed by atoms with van der Waals surface area (Å²) in [6.45, 7) is 4.05. The summed E-state index contributed by atoms with van der Waals surface area (Å²) in [4.78, 5) is 30.9. The van der Waals surface area contributed by atoms with E-state index in [4.69, 9.17) is 9.72 Å². The molecule has 1 amide bonds. The molecule has 0 bridgehead atoms. The van der Waals surface area contributed by atoms with Gasteiger partial charge in [-0.05, 0) is 32.8 Å². The molecule has 8 heteroatoms. The third-order valence-corrected chi connectivity index (χ3v) is 5.04. The number of aliphatic carboxylic acids is 1. The molecule has 138 valence electrons. The van der Waals surface area contributed by atoms with E-state index >= 15 is 0 Å². The van der Waals surface area contributed by atoms with E-state index < -0.39 is 12.1 Å². The van der Waals surface area contributed by atoms with E-state index in [0.29, 0.717) is 23.7 Å². The second-order valence-electron chi connectivity index (χ2n) is 7.26. The Labute approximate surface area is 150 Å². The Hall–Kier alpha value is -2.48. The SMILES string of the molecule is Cc1nn(C)c2nc(C3CC3)cc(C(=O)N3CC(C(=O)O)O[C@H](C)C3)c12. The molecule has 2 aromatic heterocycles. The van der Waals surface area contributed by atoms with Gasteiger partial charge in [0, 0.05) is 25.2 Å². The Kier molecular flexibility index (Phi) is 3.95. The first-order chi connectivity index (χ1) is 12.3. The summed E-state index contributed by atoms with van der Waals surface area (Å²) in [5.74, 6) is -0.834. The molecular formula is C18H22N4O4. The van der Waals surface area contributed by atoms with Crippen molar-refractivity contribution in [3.63, 3.8) is 0 Å². The standard InChI is InChI=1S/C18H22N4O4/c1-9-7-22(8-14(26-9)18(24)25)17(23)12-6-13(11-4-5-11)19-16-15(12)10(2)20-21(16)3/h6,9,11,14H,4-5,7-8H2,1-3H3,(H,24,25)/t9-,14?/m1/s1. The van der Waals surface area contributed by atoms with Crippen LogP contribution in [0.1, 0.15) is 47.4 Å². The number of pyridine rings is 1. The van der Waals surface area contributed by atoms with Crippen LogP contribution in [0.25, 0.3) is 11.0 Å². The molecule has 26 heavy (non-hydrogen) atoms. The summed E-state index contributed by atoms with van der Waals surface area (Å²) in [5, 5.41) is 14.4. The quantitative estimate of drug-likeness (QED) is 0.892. The highest BCUT2D eigenvalue weighted by molar-refractivity contribution is 6.06. The second kappa shape index (κ2) is 6.05. The molecule has 1 unspecified atom stereocenters. The molecule has 1 aliphatic carbocycles. The zero-order valence-electron chi connectivity index (χ0n) is 15.1. The Bertz CT molecular complexity index is 902. The summed E-state index contributed by atoms with van der Waals surface area (Å²) < 4.78 is 7.13. The van der Waals surface area contributed by atoms with Crippen LogP contribution in [0.5, 0.6) is 0 Å². The fourth-order valence-electron chi connectivity index (χ4n) is 3.65. The number of aryl methyl sites for hydroxylation is 2. The highest BCUT2D eigenvalue weighted by Crippen LogP contribution is 2.40. The van der Waals surface area contributed by atoms with Gasteiger partial charge in [0.2, 0.25) is 0 Å². The summed E-state index contributed by atoms with van der Waals surface area (Å²) in [6, 6.07) is 1.87. The molecule has 0 aromatic carbocycles. The minimum Gasteiger partial charge on any atom is -0.479 e. The average Bonchev–Trinajstić information content (AvgIpc) is 3.40. The van der Waals surface area contributed by atoms with Crippen molar-refractivity contribution in [2.45, 2.75) is 44.8 Å². The lowest BCUT2D eigenvalue weighted by atomic mass is 10.1. The van der Waals surface area contributed by atoms with Gasteiger partial charge in [-0.3, -0.25) is 9.48 Å². The van der Waals surface area contributed by atoms with Crippen LogP contribution < -0.4 is 0 Å². The molecule has 0 spiro atoms. The molecule has 1 saturated heterocycles. The number of hydrogen-bond donors (Lipinski definition) is 1. The third-order valence-electron chi connectivity index (χ3n) is 5.04. The van der Waals surface area contributed by atoms with E-state index in [1.807, 2.05) is 20.0 Å². The molecule has 8 nitrogen and oxygen atoms in total. The van der Waals surface area contributed by atoms with Crippen LogP contribution in [-0.4, -0.2) is 61.9 Å². The van der Waals surface area contributed by atoms with Crippen molar-refractivity contribution in [1.82, 2.24) is 19.7 Å². The fraction of sp³-hybridized carbons (Fsp3) is 0.556. The smallest absolute Gasteiger partial charge is 0.334 e. The Morgan fingerprint density at radius 1 is 1.31 bits per heavy atom. The summed E-state index contributed by atoms with van der Waals surface area (Å²) in [7, 11) is 1.82. The largest absolute Gasteiger partial charge is 0.479 e. The number of hydrogen-bond acceptors (Lipinski definition) is 5. The number of carboxylic acid groups (broad SMARTS) is 1. The lowest BCUT2D eigenvalue weighted by Crippen LogP contribution is -2.51. The van der Waals surface area contributed by atoms with Gasteiger partial charge in [-0.2, -0.15) is 5.10 Å². The van der Waals surface area contributed by atoms with Crippen LogP contribution in [0, 0.1) is 6.92 Å². The second-order valence-corrected chi connectivity index (χ2v) is 7.26. The van der Waals surface area contributed by atoms with Gasteiger partial charge in [0.15, 0.2) is 11.8 Å². The van der Waals surface area contributed by atoms with E-state index in [1.54, 1.807) is 16.5 Å². The van der Waals surface area contributed by atoms with Crippen LogP contribution in [0.2, 0.25) is 0 Å². The molecule has 1 aliphatic heterocycles. The van der Waals surface area contributed by atoms with E-state index in [2.05, 4.69) is 5.10 Å². The predicted molar refractivity (Wildman–Crippen MR) is 93.1 cm³/mol. The Morgan fingerprint density at radius 3 is 2.69 bits per heavy atom. The molecule has 2 atom stereocenters. The van der Waals surface area contributed by atoms with E-state index in [1.165, 1.54) is 0 Å². The summed E-state index contributed by atoms with van der Waals surface area (Å²) >= 11 is 0. The number of aromatic nitrogens is 3. The van der Waals surface area contributed by atoms with Gasteiger partial charge < -0.3 is 14.7 Å². The Morgan fingerprint density at radius 2 is 2.04 bits per heavy atom. The maximum atomic E-state index is 13.3. The number of carboxylic acids is 1. The minimum atomic E-state index is -1.05. The number of amides is 1. The van der Waals surface area contributed by atoms with E-state index in [0.717, 1.165) is 29.6 Å². The molecule has 2 aromatic rings. The van der Waals surface area contributed by atoms with Crippen LogP contribution in [0.3, 0.4) is 0 Å². The highest BCUT2D eigenvalue weighted by Gasteiger charge is 2.35. The first-order valence-corrected chi connectivity index (χ1v) is 8.87. The van der Waals surface area contributed by atoms with Gasteiger partial charge >= 0.3 is 5.97 Å². The maximum Gasteiger partial charge on any atom is 0.334 e. The van der Waals surface area contributed by atoms with Gasteiger partial charge in [0.25, 0.3) is 5.91 Å². The lowest BCUT2D eigenvalue weighted by molar-refractivity contribution is -0.160. The van der Waals surface area contributed by atoms with E-state index in [-0.39, 0.29) is 18.6 Å². The van der Waals surface area contributed by atoms with Crippen molar-refractivity contribution in [2.75, 3.05) is 13.1 Å². The number of ether oxygens (including phenoxy) is 1. The summed E-state index contributed by atoms with van der Waals surface area (Å²) in [5.41, 5.74) is 2.92. The van der Waals surface area contributed by atoms with Crippen molar-refractivity contribution in [1.29, 1.82) is 0 Å². The minimum absolute atomic E-state index is 0.0421. The molecule has 2 fully saturated rings. The van der Waals surface area contributed by atoms with Crippen LogP contribution in [0.15, 0.2) is 6.07 Å². The van der Waals surface area contributed by atoms with Gasteiger partial charge in [-0.25, -0.2) is 9.78 Å². The van der Waals surface area contributed by atoms with E-state index in [9.17, 15) is 14.7 Å². The molecule has 1 saturated carbocycles. The number of carbonyl (C=O) groups is 2. The van der Waals surface area contributed by atoms with Crippen molar-refractivity contribution < 1.29 is 19.4 Å². The summed E-state index contributed by atoms with van der Waals surface area (Å²) in [6.07, 6.45) is 0.832. The predicted octanol–water partition coefficient (Wildman–Crippen LogP) is 1.47. The average molecular weight is 358 g/mol. The number of morpholine rings is 1. The lowest BCUT2D eigenvalue weighted by Gasteiger charge is -2.35. The fourth-order valence-corrected chi connectivity index (χ4v) is 3.65. The number of carbonyl (C=O) groups excluding carboxylic acids is 1. The van der Waals surface area contributed by atoms with Gasteiger partial charge in [-0.15, -0.1) is 0 Å². The number of nitrogens with zero attached hydrogens (tertiary/aromatic N) is 4. The van der Waals surface area contributed by atoms with Gasteiger partial charge in [-0.1, -0.05) is 0 Å². The van der Waals surface area contributed by atoms with Gasteiger partial charge in [0.05, 0.1) is 29.3 Å². The van der Waals surface area contributed by atoms with Crippen LogP contribution >= 0.6 is 0 Å². The molecular weight excluding hydrogens is 336 g/mol. The molecule has 2 aliphatic rings. The number of rotatable bonds is 3. The van der Waals surface area contributed by atoms with Crippen molar-refractivity contribution in [3.05, 3.63) is 23.0 Å². The molecule has 3 heterocycles. The first-order valence-electron chi connectivity index (χ1n) is 8.87. The Balaban J connectivity index is 1.77. The van der Waals surface area contributed by atoms with Crippen molar-refractivity contribution in [2.24, 2.45) is 7.05 Å². The molecule has 1 N–H and O–H groups in total. The van der Waals surface area contributed by atoms with Crippen molar-refractivity contribution in [3.8, 4) is 0 Å².